The van der Waals surface area contributed by atoms with Crippen molar-refractivity contribution in [3.8, 4) is 5.69 Å². The lowest BCUT2D eigenvalue weighted by Crippen LogP contribution is -2.29. The van der Waals surface area contributed by atoms with Crippen molar-refractivity contribution in [2.45, 2.75) is 31.8 Å². The number of nitrogens with zero attached hydrogens (tertiary/aromatic N) is 4. The summed E-state index contributed by atoms with van der Waals surface area (Å²) in [5, 5.41) is 4.27. The summed E-state index contributed by atoms with van der Waals surface area (Å²) < 4.78 is 1.90. The minimum Gasteiger partial charge on any atom is -0.306 e. The largest absolute Gasteiger partial charge is 0.306 e. The lowest BCUT2D eigenvalue weighted by atomic mass is 10.1. The van der Waals surface area contributed by atoms with Crippen molar-refractivity contribution >= 4 is 0 Å². The Morgan fingerprint density at radius 3 is 2.64 bits per heavy atom. The van der Waals surface area contributed by atoms with Crippen LogP contribution in [-0.4, -0.2) is 52.8 Å². The molecule has 2 aromatic rings. The molecule has 1 saturated heterocycles. The molecule has 2 heterocycles. The Bertz CT molecular complexity index is 559. The minimum atomic E-state index is 0.743. The van der Waals surface area contributed by atoms with Crippen molar-refractivity contribution < 1.29 is 0 Å². The Kier molecular flexibility index (Phi) is 4.90. The number of hydrogen-bond donors (Lipinski definition) is 0. The SMILES string of the molecule is CN(C)[C@@H]1CCCN(Cc2ccc(-n3cccn3)cc2)CC1. The van der Waals surface area contributed by atoms with Crippen molar-refractivity contribution in [1.29, 1.82) is 0 Å². The van der Waals surface area contributed by atoms with E-state index in [2.05, 4.69) is 53.3 Å². The molecule has 4 heteroatoms. The number of likely N-dealkylation sites (tertiary alicyclic amines) is 1. The Morgan fingerprint density at radius 2 is 1.95 bits per heavy atom. The van der Waals surface area contributed by atoms with Gasteiger partial charge in [0.2, 0.25) is 0 Å². The van der Waals surface area contributed by atoms with Gasteiger partial charge in [0.25, 0.3) is 0 Å². The topological polar surface area (TPSA) is 24.3 Å². The number of aromatic nitrogens is 2. The van der Waals surface area contributed by atoms with Gasteiger partial charge >= 0.3 is 0 Å². The molecular formula is C18H26N4. The van der Waals surface area contributed by atoms with Crippen LogP contribution in [0.25, 0.3) is 5.69 Å². The zero-order valence-electron chi connectivity index (χ0n) is 13.7. The molecule has 1 fully saturated rings. The van der Waals surface area contributed by atoms with E-state index in [4.69, 9.17) is 0 Å². The predicted octanol–water partition coefficient (Wildman–Crippen LogP) is 2.79. The molecule has 118 valence electrons. The first-order valence-electron chi connectivity index (χ1n) is 8.20. The summed E-state index contributed by atoms with van der Waals surface area (Å²) in [6.45, 7) is 3.47. The van der Waals surface area contributed by atoms with Gasteiger partial charge in [-0.3, -0.25) is 4.90 Å². The first-order valence-corrected chi connectivity index (χ1v) is 8.20. The maximum Gasteiger partial charge on any atom is 0.0645 e. The number of rotatable bonds is 4. The quantitative estimate of drug-likeness (QED) is 0.867. The van der Waals surface area contributed by atoms with E-state index in [0.29, 0.717) is 0 Å². The third kappa shape index (κ3) is 3.76. The number of benzene rings is 1. The van der Waals surface area contributed by atoms with Crippen molar-refractivity contribution in [3.63, 3.8) is 0 Å². The number of hydrogen-bond acceptors (Lipinski definition) is 3. The van der Waals surface area contributed by atoms with E-state index in [1.807, 2.05) is 23.1 Å². The van der Waals surface area contributed by atoms with E-state index in [9.17, 15) is 0 Å². The molecule has 3 rings (SSSR count). The highest BCUT2D eigenvalue weighted by atomic mass is 15.3. The van der Waals surface area contributed by atoms with Crippen LogP contribution in [0.2, 0.25) is 0 Å². The van der Waals surface area contributed by atoms with Gasteiger partial charge in [0.15, 0.2) is 0 Å². The molecule has 0 aliphatic carbocycles. The summed E-state index contributed by atoms with van der Waals surface area (Å²) in [5.41, 5.74) is 2.51. The van der Waals surface area contributed by atoms with Crippen LogP contribution in [0.4, 0.5) is 0 Å². The fourth-order valence-electron chi connectivity index (χ4n) is 3.25. The van der Waals surface area contributed by atoms with Gasteiger partial charge in [0.1, 0.15) is 0 Å². The van der Waals surface area contributed by atoms with Crippen molar-refractivity contribution in [3.05, 3.63) is 48.3 Å². The third-order valence-electron chi connectivity index (χ3n) is 4.63. The second kappa shape index (κ2) is 7.07. The molecule has 1 aliphatic heterocycles. The molecule has 1 atom stereocenters. The molecule has 1 aromatic heterocycles. The van der Waals surface area contributed by atoms with Gasteiger partial charge in [0, 0.05) is 25.0 Å². The lowest BCUT2D eigenvalue weighted by Gasteiger charge is -2.23. The highest BCUT2D eigenvalue weighted by molar-refractivity contribution is 5.33. The van der Waals surface area contributed by atoms with Crippen LogP contribution >= 0.6 is 0 Å². The summed E-state index contributed by atoms with van der Waals surface area (Å²) in [6, 6.07) is 11.5. The second-order valence-electron chi connectivity index (χ2n) is 6.44. The lowest BCUT2D eigenvalue weighted by molar-refractivity contribution is 0.245. The van der Waals surface area contributed by atoms with Crippen LogP contribution in [0.3, 0.4) is 0 Å². The van der Waals surface area contributed by atoms with Gasteiger partial charge in [-0.25, -0.2) is 4.68 Å². The molecule has 0 unspecified atom stereocenters. The Morgan fingerprint density at radius 1 is 1.14 bits per heavy atom. The van der Waals surface area contributed by atoms with Crippen LogP contribution in [0.15, 0.2) is 42.7 Å². The predicted molar refractivity (Wildman–Crippen MR) is 90.2 cm³/mol. The summed E-state index contributed by atoms with van der Waals surface area (Å²) in [5.74, 6) is 0. The standard InChI is InChI=1S/C18H26N4/c1-20(2)17-5-3-12-21(14-10-17)15-16-6-8-18(9-7-16)22-13-4-11-19-22/h4,6-9,11,13,17H,3,5,10,12,14-15H2,1-2H3/t17-/m1/s1. The van der Waals surface area contributed by atoms with Crippen LogP contribution in [-0.2, 0) is 6.54 Å². The summed E-state index contributed by atoms with van der Waals surface area (Å²) in [4.78, 5) is 4.97. The Labute approximate surface area is 133 Å². The van der Waals surface area contributed by atoms with Gasteiger partial charge in [-0.1, -0.05) is 12.1 Å². The van der Waals surface area contributed by atoms with Gasteiger partial charge in [0.05, 0.1) is 5.69 Å². The van der Waals surface area contributed by atoms with E-state index in [-0.39, 0.29) is 0 Å². The molecule has 1 aliphatic rings. The summed E-state index contributed by atoms with van der Waals surface area (Å²) in [6.07, 6.45) is 7.69. The Balaban J connectivity index is 1.59. The third-order valence-corrected chi connectivity index (χ3v) is 4.63. The first-order chi connectivity index (χ1) is 10.7. The van der Waals surface area contributed by atoms with Crippen molar-refractivity contribution in [2.75, 3.05) is 27.2 Å². The van der Waals surface area contributed by atoms with E-state index in [1.54, 1.807) is 0 Å². The molecule has 0 saturated carbocycles. The van der Waals surface area contributed by atoms with Gasteiger partial charge in [-0.05, 0) is 70.2 Å². The molecule has 0 amide bonds. The average molecular weight is 298 g/mol. The van der Waals surface area contributed by atoms with Gasteiger partial charge < -0.3 is 4.90 Å². The van der Waals surface area contributed by atoms with Crippen LogP contribution in [0, 0.1) is 0 Å². The fraction of sp³-hybridized carbons (Fsp3) is 0.500. The molecule has 0 radical (unpaired) electrons. The maximum atomic E-state index is 4.27. The molecule has 4 nitrogen and oxygen atoms in total. The smallest absolute Gasteiger partial charge is 0.0645 e. The monoisotopic (exact) mass is 298 g/mol. The Hall–Kier alpha value is -1.65. The zero-order valence-corrected chi connectivity index (χ0v) is 13.7. The first kappa shape index (κ1) is 15.3. The molecule has 0 spiro atoms. The molecule has 1 aromatic carbocycles. The van der Waals surface area contributed by atoms with Crippen LogP contribution in [0.1, 0.15) is 24.8 Å². The second-order valence-corrected chi connectivity index (χ2v) is 6.44. The molecule has 22 heavy (non-hydrogen) atoms. The normalized spacial score (nSPS) is 20.2. The van der Waals surface area contributed by atoms with E-state index >= 15 is 0 Å². The highest BCUT2D eigenvalue weighted by Crippen LogP contribution is 2.17. The summed E-state index contributed by atoms with van der Waals surface area (Å²) in [7, 11) is 4.41. The van der Waals surface area contributed by atoms with E-state index in [0.717, 1.165) is 18.3 Å². The van der Waals surface area contributed by atoms with Crippen molar-refractivity contribution in [1.82, 2.24) is 19.6 Å². The molecule has 0 bridgehead atoms. The van der Waals surface area contributed by atoms with Gasteiger partial charge in [-0.2, -0.15) is 5.10 Å². The van der Waals surface area contributed by atoms with Crippen LogP contribution < -0.4 is 0 Å². The van der Waals surface area contributed by atoms with Crippen LogP contribution in [0.5, 0.6) is 0 Å². The average Bonchev–Trinajstić information content (AvgIpc) is 2.95. The maximum absolute atomic E-state index is 4.27. The summed E-state index contributed by atoms with van der Waals surface area (Å²) >= 11 is 0. The fourth-order valence-corrected chi connectivity index (χ4v) is 3.25. The zero-order chi connectivity index (χ0) is 15.4. The highest BCUT2D eigenvalue weighted by Gasteiger charge is 2.18. The van der Waals surface area contributed by atoms with E-state index in [1.165, 1.54) is 37.9 Å². The molecular weight excluding hydrogens is 272 g/mol. The van der Waals surface area contributed by atoms with Gasteiger partial charge in [-0.15, -0.1) is 0 Å². The van der Waals surface area contributed by atoms with Crippen molar-refractivity contribution in [2.24, 2.45) is 0 Å². The van der Waals surface area contributed by atoms with E-state index < -0.39 is 0 Å². The molecule has 0 N–H and O–H groups in total. The minimum absolute atomic E-state index is 0.743.